The average molecular weight is 319 g/mol. The van der Waals surface area contributed by atoms with Gasteiger partial charge in [0.05, 0.1) is 12.7 Å². The molecule has 0 spiro atoms. The zero-order valence-corrected chi connectivity index (χ0v) is 12.5. The summed E-state index contributed by atoms with van der Waals surface area (Å²) in [6.07, 6.45) is 1.80. The molecule has 0 fully saturated rings. The van der Waals surface area contributed by atoms with Crippen molar-refractivity contribution in [2.75, 3.05) is 19.0 Å². The van der Waals surface area contributed by atoms with Crippen LogP contribution < -0.4 is 0 Å². The Kier molecular flexibility index (Phi) is 7.93. The third kappa shape index (κ3) is 7.09. The Morgan fingerprint density at radius 2 is 2.06 bits per heavy atom. The first kappa shape index (κ1) is 15.0. The third-order valence-corrected chi connectivity index (χ3v) is 3.89. The van der Waals surface area contributed by atoms with E-state index in [-0.39, 0.29) is 6.10 Å². The SMILES string of the molecule is CCCCOCC(O)CSc1ccc(Br)cc1. The molecule has 2 nitrogen and oxygen atoms in total. The van der Waals surface area contributed by atoms with Crippen LogP contribution in [0.5, 0.6) is 0 Å². The van der Waals surface area contributed by atoms with Gasteiger partial charge in [-0.15, -0.1) is 11.8 Å². The minimum absolute atomic E-state index is 0.388. The Morgan fingerprint density at radius 1 is 1.35 bits per heavy atom. The van der Waals surface area contributed by atoms with Gasteiger partial charge in [-0.1, -0.05) is 29.3 Å². The number of halogens is 1. The highest BCUT2D eigenvalue weighted by molar-refractivity contribution is 9.10. The Balaban J connectivity index is 2.14. The zero-order valence-electron chi connectivity index (χ0n) is 10.1. The molecular formula is C13H19BrO2S. The van der Waals surface area contributed by atoms with Crippen LogP contribution in [0.4, 0.5) is 0 Å². The number of aliphatic hydroxyl groups excluding tert-OH is 1. The second kappa shape index (κ2) is 8.97. The summed E-state index contributed by atoms with van der Waals surface area (Å²) in [5.74, 6) is 0.674. The summed E-state index contributed by atoms with van der Waals surface area (Å²) in [5.41, 5.74) is 0. The quantitative estimate of drug-likeness (QED) is 0.585. The van der Waals surface area contributed by atoms with Crippen LogP contribution in [-0.4, -0.2) is 30.2 Å². The molecule has 0 bridgehead atoms. The average Bonchev–Trinajstić information content (AvgIpc) is 2.34. The summed E-state index contributed by atoms with van der Waals surface area (Å²) < 4.78 is 6.45. The lowest BCUT2D eigenvalue weighted by molar-refractivity contribution is 0.0473. The Hall–Kier alpha value is -0.0300. The van der Waals surface area contributed by atoms with E-state index in [1.165, 1.54) is 4.90 Å². The van der Waals surface area contributed by atoms with Crippen molar-refractivity contribution in [3.05, 3.63) is 28.7 Å². The number of unbranched alkanes of at least 4 members (excludes halogenated alkanes) is 1. The molecule has 1 rings (SSSR count). The number of ether oxygens (including phenoxy) is 1. The molecule has 0 saturated carbocycles. The lowest BCUT2D eigenvalue weighted by atomic mass is 10.3. The van der Waals surface area contributed by atoms with E-state index < -0.39 is 0 Å². The number of hydrogen-bond donors (Lipinski definition) is 1. The second-order valence-electron chi connectivity index (χ2n) is 3.85. The van der Waals surface area contributed by atoms with Gasteiger partial charge in [0, 0.05) is 21.7 Å². The number of aliphatic hydroxyl groups is 1. The van der Waals surface area contributed by atoms with E-state index in [0.717, 1.165) is 23.9 Å². The topological polar surface area (TPSA) is 29.5 Å². The predicted octanol–water partition coefficient (Wildman–Crippen LogP) is 3.72. The highest BCUT2D eigenvalue weighted by Crippen LogP contribution is 2.21. The summed E-state index contributed by atoms with van der Waals surface area (Å²) in [5, 5.41) is 9.71. The monoisotopic (exact) mass is 318 g/mol. The van der Waals surface area contributed by atoms with Crippen LogP contribution in [0.2, 0.25) is 0 Å². The second-order valence-corrected chi connectivity index (χ2v) is 5.86. The summed E-state index contributed by atoms with van der Waals surface area (Å²) in [4.78, 5) is 1.17. The molecule has 0 aliphatic rings. The molecule has 1 aromatic carbocycles. The van der Waals surface area contributed by atoms with Crippen LogP contribution in [0, 0.1) is 0 Å². The minimum Gasteiger partial charge on any atom is -0.390 e. The highest BCUT2D eigenvalue weighted by Gasteiger charge is 2.05. The first-order valence-electron chi connectivity index (χ1n) is 5.86. The fourth-order valence-electron chi connectivity index (χ4n) is 1.24. The van der Waals surface area contributed by atoms with Gasteiger partial charge in [0.25, 0.3) is 0 Å². The van der Waals surface area contributed by atoms with Crippen molar-refractivity contribution in [1.82, 2.24) is 0 Å². The van der Waals surface area contributed by atoms with Crippen LogP contribution in [-0.2, 0) is 4.74 Å². The van der Waals surface area contributed by atoms with Crippen molar-refractivity contribution >= 4 is 27.7 Å². The highest BCUT2D eigenvalue weighted by atomic mass is 79.9. The number of rotatable bonds is 8. The maximum absolute atomic E-state index is 9.71. The van der Waals surface area contributed by atoms with E-state index >= 15 is 0 Å². The molecule has 1 N–H and O–H groups in total. The third-order valence-electron chi connectivity index (χ3n) is 2.21. The van der Waals surface area contributed by atoms with Crippen molar-refractivity contribution in [2.24, 2.45) is 0 Å². The largest absolute Gasteiger partial charge is 0.390 e. The van der Waals surface area contributed by atoms with E-state index in [1.807, 2.05) is 24.3 Å². The zero-order chi connectivity index (χ0) is 12.5. The van der Waals surface area contributed by atoms with Gasteiger partial charge in [-0.3, -0.25) is 0 Å². The molecule has 1 unspecified atom stereocenters. The van der Waals surface area contributed by atoms with Gasteiger partial charge < -0.3 is 9.84 Å². The Bertz CT molecular complexity index is 303. The summed E-state index contributed by atoms with van der Waals surface area (Å²) in [7, 11) is 0. The van der Waals surface area contributed by atoms with E-state index in [9.17, 15) is 5.11 Å². The van der Waals surface area contributed by atoms with Crippen molar-refractivity contribution in [3.63, 3.8) is 0 Å². The van der Waals surface area contributed by atoms with Gasteiger partial charge in [-0.05, 0) is 30.7 Å². The normalized spacial score (nSPS) is 12.6. The molecule has 96 valence electrons. The van der Waals surface area contributed by atoms with Crippen molar-refractivity contribution < 1.29 is 9.84 Å². The lowest BCUT2D eigenvalue weighted by Crippen LogP contribution is -2.18. The van der Waals surface area contributed by atoms with Gasteiger partial charge >= 0.3 is 0 Å². The Morgan fingerprint density at radius 3 is 2.71 bits per heavy atom. The molecular weight excluding hydrogens is 300 g/mol. The van der Waals surface area contributed by atoms with Crippen molar-refractivity contribution in [3.8, 4) is 0 Å². The van der Waals surface area contributed by atoms with E-state index in [1.54, 1.807) is 11.8 Å². The molecule has 4 heteroatoms. The molecule has 0 aliphatic heterocycles. The fraction of sp³-hybridized carbons (Fsp3) is 0.538. The molecule has 17 heavy (non-hydrogen) atoms. The van der Waals surface area contributed by atoms with Crippen LogP contribution in [0.1, 0.15) is 19.8 Å². The summed E-state index contributed by atoms with van der Waals surface area (Å²) in [6.45, 7) is 3.31. The van der Waals surface area contributed by atoms with Gasteiger partial charge in [0.1, 0.15) is 0 Å². The maximum Gasteiger partial charge on any atom is 0.0867 e. The van der Waals surface area contributed by atoms with Crippen LogP contribution in [0.15, 0.2) is 33.6 Å². The molecule has 0 amide bonds. The predicted molar refractivity (Wildman–Crippen MR) is 76.6 cm³/mol. The Labute approximate surface area is 116 Å². The molecule has 1 atom stereocenters. The summed E-state index contributed by atoms with van der Waals surface area (Å²) in [6, 6.07) is 8.09. The van der Waals surface area contributed by atoms with Crippen molar-refractivity contribution in [1.29, 1.82) is 0 Å². The number of hydrogen-bond acceptors (Lipinski definition) is 3. The van der Waals surface area contributed by atoms with E-state index in [2.05, 4.69) is 22.9 Å². The van der Waals surface area contributed by atoms with Gasteiger partial charge in [0.2, 0.25) is 0 Å². The van der Waals surface area contributed by atoms with Gasteiger partial charge in [-0.25, -0.2) is 0 Å². The van der Waals surface area contributed by atoms with Crippen LogP contribution in [0.25, 0.3) is 0 Å². The maximum atomic E-state index is 9.71. The standard InChI is InChI=1S/C13H19BrO2S/c1-2-3-8-16-9-12(15)10-17-13-6-4-11(14)5-7-13/h4-7,12,15H,2-3,8-10H2,1H3. The van der Waals surface area contributed by atoms with Crippen molar-refractivity contribution in [2.45, 2.75) is 30.8 Å². The fourth-order valence-corrected chi connectivity index (χ4v) is 2.31. The van der Waals surface area contributed by atoms with Crippen LogP contribution >= 0.6 is 27.7 Å². The smallest absolute Gasteiger partial charge is 0.0867 e. The molecule has 0 aliphatic carbocycles. The molecule has 0 radical (unpaired) electrons. The van der Waals surface area contributed by atoms with Gasteiger partial charge in [-0.2, -0.15) is 0 Å². The number of thioether (sulfide) groups is 1. The van der Waals surface area contributed by atoms with Crippen LogP contribution in [0.3, 0.4) is 0 Å². The van der Waals surface area contributed by atoms with Gasteiger partial charge in [0.15, 0.2) is 0 Å². The minimum atomic E-state index is -0.388. The van der Waals surface area contributed by atoms with E-state index in [4.69, 9.17) is 4.74 Å². The molecule has 0 saturated heterocycles. The molecule has 0 heterocycles. The molecule has 0 aromatic heterocycles. The van der Waals surface area contributed by atoms with E-state index in [0.29, 0.717) is 12.4 Å². The number of benzene rings is 1. The first-order chi connectivity index (χ1) is 8.22. The molecule has 1 aromatic rings. The summed E-state index contributed by atoms with van der Waals surface area (Å²) >= 11 is 5.05. The lowest BCUT2D eigenvalue weighted by Gasteiger charge is -2.10. The first-order valence-corrected chi connectivity index (χ1v) is 7.64.